The van der Waals surface area contributed by atoms with Gasteiger partial charge in [0.25, 0.3) is 0 Å². The molecule has 19 heavy (non-hydrogen) atoms. The topological polar surface area (TPSA) is 98.0 Å². The minimum atomic E-state index is -0.917. The third-order valence-electron chi connectivity index (χ3n) is 2.47. The van der Waals surface area contributed by atoms with Gasteiger partial charge in [-0.05, 0) is 5.56 Å². The van der Waals surface area contributed by atoms with Crippen LogP contribution in [0, 0.1) is 0 Å². The van der Waals surface area contributed by atoms with Gasteiger partial charge in [-0.15, -0.1) is 0 Å². The van der Waals surface area contributed by atoms with Crippen molar-refractivity contribution < 1.29 is 32.0 Å². The Balaban J connectivity index is 0.00000324. The van der Waals surface area contributed by atoms with E-state index in [0.717, 1.165) is 6.42 Å². The molecule has 6 nitrogen and oxygen atoms in total. The zero-order valence-electron chi connectivity index (χ0n) is 10.6. The van der Waals surface area contributed by atoms with Crippen LogP contribution in [0.4, 0.5) is 9.59 Å². The molecule has 0 radical (unpaired) electrons. The number of rotatable bonds is 5. The van der Waals surface area contributed by atoms with Crippen LogP contribution in [0.5, 0.6) is 0 Å². The number of hydrogen-bond donors (Lipinski definition) is 3. The molecule has 1 atom stereocenters. The van der Waals surface area contributed by atoms with Crippen LogP contribution in [0.25, 0.3) is 0 Å². The third kappa shape index (κ3) is 7.28. The van der Waals surface area contributed by atoms with E-state index < -0.39 is 12.1 Å². The van der Waals surface area contributed by atoms with Crippen molar-refractivity contribution in [2.45, 2.75) is 12.5 Å². The molecule has 0 aliphatic heterocycles. The summed E-state index contributed by atoms with van der Waals surface area (Å²) in [6, 6.07) is 9.09. The van der Waals surface area contributed by atoms with Crippen LogP contribution in [0.2, 0.25) is 0 Å². The molecule has 1 aromatic carbocycles. The number of likely N-dealkylation sites (N-methyl/N-ethyl adjacent to an activating group) is 1. The summed E-state index contributed by atoms with van der Waals surface area (Å²) in [6.07, 6.45) is -0.0383. The van der Waals surface area contributed by atoms with Crippen molar-refractivity contribution in [3.63, 3.8) is 0 Å². The number of quaternary nitrogens is 1. The molecule has 0 spiro atoms. The molecule has 0 heterocycles. The number of imide groups is 1. The van der Waals surface area contributed by atoms with E-state index >= 15 is 0 Å². The van der Waals surface area contributed by atoms with Crippen LogP contribution >= 0.6 is 0 Å². The van der Waals surface area contributed by atoms with Gasteiger partial charge in [0.05, 0.1) is 7.05 Å². The maximum atomic E-state index is 11.1. The number of carbonyl (C=O) groups excluding carboxylic acids is 2. The maximum Gasteiger partial charge on any atom is 0.415 e. The Bertz CT molecular complexity index is 400. The largest absolute Gasteiger partial charge is 1.00 e. The highest BCUT2D eigenvalue weighted by atomic mass is 35.5. The van der Waals surface area contributed by atoms with Crippen LogP contribution in [0.1, 0.15) is 5.56 Å². The fourth-order valence-electron chi connectivity index (χ4n) is 1.51. The molecule has 0 aromatic heterocycles. The fourth-order valence-corrected chi connectivity index (χ4v) is 1.51. The van der Waals surface area contributed by atoms with Gasteiger partial charge >= 0.3 is 12.1 Å². The summed E-state index contributed by atoms with van der Waals surface area (Å²) in [7, 11) is 1.91. The SMILES string of the molecule is C[NH2+]C(COC(=O)NC(N)=O)Cc1ccccc1.[Cl-]. The van der Waals surface area contributed by atoms with Gasteiger partial charge < -0.3 is 28.2 Å². The van der Waals surface area contributed by atoms with Crippen molar-refractivity contribution in [3.8, 4) is 0 Å². The van der Waals surface area contributed by atoms with Crippen LogP contribution in [-0.2, 0) is 11.2 Å². The monoisotopic (exact) mass is 287 g/mol. The molecule has 0 saturated heterocycles. The molecule has 1 aromatic rings. The van der Waals surface area contributed by atoms with E-state index in [9.17, 15) is 9.59 Å². The molecule has 3 amide bonds. The van der Waals surface area contributed by atoms with Crippen molar-refractivity contribution in [1.29, 1.82) is 0 Å². The minimum Gasteiger partial charge on any atom is -1.00 e. The van der Waals surface area contributed by atoms with Gasteiger partial charge in [0.15, 0.2) is 0 Å². The summed E-state index contributed by atoms with van der Waals surface area (Å²) in [4.78, 5) is 21.5. The highest BCUT2D eigenvalue weighted by Gasteiger charge is 2.14. The van der Waals surface area contributed by atoms with Gasteiger partial charge in [0, 0.05) is 6.42 Å². The van der Waals surface area contributed by atoms with E-state index in [1.54, 1.807) is 0 Å². The average Bonchev–Trinajstić information content (AvgIpc) is 2.35. The number of halogens is 1. The average molecular weight is 288 g/mol. The van der Waals surface area contributed by atoms with Crippen LogP contribution in [0.3, 0.4) is 0 Å². The molecule has 0 bridgehead atoms. The number of nitrogens with two attached hydrogens (primary N) is 2. The van der Waals surface area contributed by atoms with Gasteiger partial charge in [-0.25, -0.2) is 14.9 Å². The highest BCUT2D eigenvalue weighted by Crippen LogP contribution is 2.01. The Morgan fingerprint density at radius 3 is 2.53 bits per heavy atom. The number of primary amides is 1. The number of alkyl carbamates (subject to hydrolysis) is 1. The minimum absolute atomic E-state index is 0. The Labute approximate surface area is 118 Å². The zero-order chi connectivity index (χ0) is 13.4. The first kappa shape index (κ1) is 17.2. The van der Waals surface area contributed by atoms with Gasteiger partial charge in [-0.2, -0.15) is 0 Å². The molecule has 0 fully saturated rings. The molecule has 0 saturated carbocycles. The zero-order valence-corrected chi connectivity index (χ0v) is 11.4. The molecule has 7 heteroatoms. The third-order valence-corrected chi connectivity index (χ3v) is 2.47. The van der Waals surface area contributed by atoms with Gasteiger partial charge in [0.2, 0.25) is 0 Å². The predicted molar refractivity (Wildman–Crippen MR) is 65.9 cm³/mol. The van der Waals surface area contributed by atoms with E-state index in [-0.39, 0.29) is 25.1 Å². The number of amides is 3. The van der Waals surface area contributed by atoms with Gasteiger partial charge in [-0.1, -0.05) is 30.3 Å². The molecule has 1 rings (SSSR count). The van der Waals surface area contributed by atoms with Crippen molar-refractivity contribution >= 4 is 12.1 Å². The summed E-state index contributed by atoms with van der Waals surface area (Å²) in [5.41, 5.74) is 5.96. The van der Waals surface area contributed by atoms with Crippen LogP contribution < -0.4 is 28.8 Å². The number of urea groups is 1. The Morgan fingerprint density at radius 1 is 1.37 bits per heavy atom. The number of hydrogen-bond acceptors (Lipinski definition) is 3. The van der Waals surface area contributed by atoms with Crippen LogP contribution in [-0.4, -0.2) is 31.8 Å². The molecule has 0 aliphatic rings. The van der Waals surface area contributed by atoms with E-state index in [4.69, 9.17) is 10.5 Å². The Morgan fingerprint density at radius 2 is 2.00 bits per heavy atom. The molecule has 106 valence electrons. The summed E-state index contributed by atoms with van der Waals surface area (Å²) < 4.78 is 4.90. The molecular formula is C12H18ClN3O3. The maximum absolute atomic E-state index is 11.1. The smallest absolute Gasteiger partial charge is 0.415 e. The number of benzene rings is 1. The lowest BCUT2D eigenvalue weighted by Gasteiger charge is -2.13. The fraction of sp³-hybridized carbons (Fsp3) is 0.333. The lowest BCUT2D eigenvalue weighted by atomic mass is 10.1. The number of carbonyl (C=O) groups is 2. The molecule has 1 unspecified atom stereocenters. The first-order valence-corrected chi connectivity index (χ1v) is 5.68. The van der Waals surface area contributed by atoms with E-state index in [1.807, 2.05) is 48.0 Å². The quantitative estimate of drug-likeness (QED) is 0.526. The standard InChI is InChI=1S/C12H17N3O3.ClH/c1-14-10(7-9-5-3-2-4-6-9)8-18-12(17)15-11(13)16;/h2-6,10,14H,7-8H2,1H3,(H3,13,15,16,17);1H. The van der Waals surface area contributed by atoms with Crippen molar-refractivity contribution in [1.82, 2.24) is 5.32 Å². The number of ether oxygens (including phenoxy) is 1. The Hall–Kier alpha value is -1.79. The predicted octanol–water partition coefficient (Wildman–Crippen LogP) is -3.40. The van der Waals surface area contributed by atoms with Gasteiger partial charge in [-0.3, -0.25) is 0 Å². The first-order valence-electron chi connectivity index (χ1n) is 5.68. The second-order valence-electron chi connectivity index (χ2n) is 3.87. The van der Waals surface area contributed by atoms with E-state index in [1.165, 1.54) is 5.56 Å². The van der Waals surface area contributed by atoms with Gasteiger partial charge in [0.1, 0.15) is 12.6 Å². The van der Waals surface area contributed by atoms with E-state index in [0.29, 0.717) is 0 Å². The molecule has 5 N–H and O–H groups in total. The van der Waals surface area contributed by atoms with Crippen molar-refractivity contribution in [2.75, 3.05) is 13.7 Å². The second kappa shape index (κ2) is 9.18. The normalized spacial score (nSPS) is 11.0. The second-order valence-corrected chi connectivity index (χ2v) is 3.87. The summed E-state index contributed by atoms with van der Waals surface area (Å²) >= 11 is 0. The van der Waals surface area contributed by atoms with Crippen molar-refractivity contribution in [2.24, 2.45) is 5.73 Å². The first-order chi connectivity index (χ1) is 8.61. The Kier molecular flexibility index (Phi) is 8.32. The summed E-state index contributed by atoms with van der Waals surface area (Å²) in [6.45, 7) is 0.213. The van der Waals surface area contributed by atoms with Crippen LogP contribution in [0.15, 0.2) is 30.3 Å². The molecule has 0 aliphatic carbocycles. The van der Waals surface area contributed by atoms with Crippen molar-refractivity contribution in [3.05, 3.63) is 35.9 Å². The lowest BCUT2D eigenvalue weighted by Crippen LogP contribution is -3.00. The van der Waals surface area contributed by atoms with E-state index in [2.05, 4.69) is 0 Å². The summed E-state index contributed by atoms with van der Waals surface area (Å²) in [5, 5.41) is 3.81. The molecular weight excluding hydrogens is 270 g/mol. The highest BCUT2D eigenvalue weighted by molar-refractivity contribution is 5.89. The summed E-state index contributed by atoms with van der Waals surface area (Å²) in [5.74, 6) is 0. The number of nitrogens with one attached hydrogen (secondary N) is 1. The lowest BCUT2D eigenvalue weighted by molar-refractivity contribution is -0.664.